The summed E-state index contributed by atoms with van der Waals surface area (Å²) in [6.07, 6.45) is 1.35. The Bertz CT molecular complexity index is 1020. The van der Waals surface area contributed by atoms with E-state index in [4.69, 9.17) is 9.72 Å². The predicted molar refractivity (Wildman–Crippen MR) is 140 cm³/mol. The SMILES string of the molecule is COc1ccc(SCCCC(=O)N(CCN(C)C)c2nc3c(C)c(C)ccc3s2)cc1.Cl. The van der Waals surface area contributed by atoms with Crippen molar-refractivity contribution in [3.8, 4) is 5.75 Å². The molecule has 0 bridgehead atoms. The average Bonchev–Trinajstić information content (AvgIpc) is 3.19. The predicted octanol–water partition coefficient (Wildman–Crippen LogP) is 5.81. The minimum absolute atomic E-state index is 0. The number of aromatic nitrogens is 1. The quantitative estimate of drug-likeness (QED) is 0.263. The van der Waals surface area contributed by atoms with Crippen molar-refractivity contribution in [1.29, 1.82) is 0 Å². The van der Waals surface area contributed by atoms with Gasteiger partial charge in [-0.25, -0.2) is 4.98 Å². The highest BCUT2D eigenvalue weighted by Gasteiger charge is 2.20. The van der Waals surface area contributed by atoms with E-state index in [2.05, 4.69) is 43.0 Å². The van der Waals surface area contributed by atoms with Gasteiger partial charge in [-0.2, -0.15) is 0 Å². The van der Waals surface area contributed by atoms with Crippen LogP contribution in [0.25, 0.3) is 10.2 Å². The number of carbonyl (C=O) groups is 1. The zero-order valence-corrected chi connectivity index (χ0v) is 21.8. The average molecular weight is 494 g/mol. The fourth-order valence-electron chi connectivity index (χ4n) is 3.18. The minimum Gasteiger partial charge on any atom is -0.497 e. The topological polar surface area (TPSA) is 45.7 Å². The summed E-state index contributed by atoms with van der Waals surface area (Å²) in [5.41, 5.74) is 3.43. The Labute approximate surface area is 205 Å². The van der Waals surface area contributed by atoms with E-state index in [1.54, 1.807) is 30.2 Å². The highest BCUT2D eigenvalue weighted by molar-refractivity contribution is 7.99. The molecule has 0 saturated carbocycles. The van der Waals surface area contributed by atoms with Crippen LogP contribution in [0.5, 0.6) is 5.75 Å². The summed E-state index contributed by atoms with van der Waals surface area (Å²) in [6, 6.07) is 12.3. The summed E-state index contributed by atoms with van der Waals surface area (Å²) in [5, 5.41) is 0.804. The molecule has 3 aromatic rings. The van der Waals surface area contributed by atoms with Gasteiger partial charge in [-0.05, 0) is 81.6 Å². The lowest BCUT2D eigenvalue weighted by Crippen LogP contribution is -2.36. The molecule has 1 amide bonds. The van der Waals surface area contributed by atoms with E-state index in [1.807, 2.05) is 31.1 Å². The Morgan fingerprint density at radius 3 is 2.47 bits per heavy atom. The molecule has 0 N–H and O–H groups in total. The maximum atomic E-state index is 13.1. The lowest BCUT2D eigenvalue weighted by molar-refractivity contribution is -0.118. The molecule has 32 heavy (non-hydrogen) atoms. The first-order valence-corrected chi connectivity index (χ1v) is 12.3. The van der Waals surface area contributed by atoms with Crippen LogP contribution < -0.4 is 9.64 Å². The molecular weight excluding hydrogens is 462 g/mol. The third kappa shape index (κ3) is 6.85. The summed E-state index contributed by atoms with van der Waals surface area (Å²) in [5.74, 6) is 1.90. The zero-order chi connectivity index (χ0) is 22.4. The van der Waals surface area contributed by atoms with Gasteiger partial charge >= 0.3 is 0 Å². The number of carbonyl (C=O) groups excluding carboxylic acids is 1. The first-order chi connectivity index (χ1) is 14.9. The molecular formula is C24H32ClN3O2S2. The van der Waals surface area contributed by atoms with E-state index in [-0.39, 0.29) is 18.3 Å². The summed E-state index contributed by atoms with van der Waals surface area (Å²) in [7, 11) is 5.73. The van der Waals surface area contributed by atoms with Crippen molar-refractivity contribution in [1.82, 2.24) is 9.88 Å². The Morgan fingerprint density at radius 2 is 1.81 bits per heavy atom. The fraction of sp³-hybridized carbons (Fsp3) is 0.417. The first kappa shape index (κ1) is 26.5. The van der Waals surface area contributed by atoms with Crippen molar-refractivity contribution >= 4 is 56.8 Å². The molecule has 0 atom stereocenters. The number of hydrogen-bond donors (Lipinski definition) is 0. The van der Waals surface area contributed by atoms with Gasteiger partial charge in [0.2, 0.25) is 5.91 Å². The van der Waals surface area contributed by atoms with Crippen molar-refractivity contribution in [3.63, 3.8) is 0 Å². The molecule has 1 heterocycles. The molecule has 5 nitrogen and oxygen atoms in total. The number of rotatable bonds is 10. The number of methoxy groups -OCH3 is 1. The summed E-state index contributed by atoms with van der Waals surface area (Å²) < 4.78 is 6.34. The van der Waals surface area contributed by atoms with Crippen LogP contribution in [0, 0.1) is 13.8 Å². The van der Waals surface area contributed by atoms with Crippen molar-refractivity contribution in [2.75, 3.05) is 44.9 Å². The maximum Gasteiger partial charge on any atom is 0.228 e. The number of amides is 1. The Morgan fingerprint density at radius 1 is 1.09 bits per heavy atom. The van der Waals surface area contributed by atoms with E-state index in [1.165, 1.54) is 16.0 Å². The van der Waals surface area contributed by atoms with E-state index in [0.29, 0.717) is 13.0 Å². The lowest BCUT2D eigenvalue weighted by Gasteiger charge is -2.22. The number of anilines is 1. The van der Waals surface area contributed by atoms with Crippen molar-refractivity contribution in [2.24, 2.45) is 0 Å². The molecule has 1 aromatic heterocycles. The van der Waals surface area contributed by atoms with E-state index in [0.717, 1.165) is 39.8 Å². The van der Waals surface area contributed by atoms with Crippen LogP contribution in [0.3, 0.4) is 0 Å². The highest BCUT2D eigenvalue weighted by atomic mass is 35.5. The summed E-state index contributed by atoms with van der Waals surface area (Å²) in [4.78, 5) is 23.1. The Hall–Kier alpha value is -1.80. The number of ether oxygens (including phenoxy) is 1. The van der Waals surface area contributed by atoms with Crippen LogP contribution in [0.15, 0.2) is 41.3 Å². The van der Waals surface area contributed by atoms with E-state index >= 15 is 0 Å². The number of hydrogen-bond acceptors (Lipinski definition) is 6. The van der Waals surface area contributed by atoms with Crippen LogP contribution in [-0.2, 0) is 4.79 Å². The van der Waals surface area contributed by atoms with E-state index < -0.39 is 0 Å². The molecule has 8 heteroatoms. The molecule has 0 unspecified atom stereocenters. The molecule has 3 rings (SSSR count). The first-order valence-electron chi connectivity index (χ1n) is 10.5. The van der Waals surface area contributed by atoms with Gasteiger partial charge in [0, 0.05) is 24.4 Å². The number of thiazole rings is 1. The molecule has 0 radical (unpaired) electrons. The third-order valence-electron chi connectivity index (χ3n) is 5.24. The fourth-order valence-corrected chi connectivity index (χ4v) is 5.10. The highest BCUT2D eigenvalue weighted by Crippen LogP contribution is 2.32. The smallest absolute Gasteiger partial charge is 0.228 e. The van der Waals surface area contributed by atoms with Gasteiger partial charge < -0.3 is 9.64 Å². The number of likely N-dealkylation sites (N-methyl/N-ethyl adjacent to an activating group) is 1. The second-order valence-electron chi connectivity index (χ2n) is 7.83. The monoisotopic (exact) mass is 493 g/mol. The zero-order valence-electron chi connectivity index (χ0n) is 19.4. The van der Waals surface area contributed by atoms with E-state index in [9.17, 15) is 4.79 Å². The van der Waals surface area contributed by atoms with Crippen LogP contribution in [0.4, 0.5) is 5.13 Å². The van der Waals surface area contributed by atoms with Gasteiger partial charge in [-0.1, -0.05) is 17.4 Å². The molecule has 0 saturated heterocycles. The molecule has 0 aliphatic heterocycles. The number of benzene rings is 2. The Balaban J connectivity index is 0.00000363. The number of aryl methyl sites for hydroxylation is 2. The van der Waals surface area contributed by atoms with Gasteiger partial charge in [0.15, 0.2) is 5.13 Å². The van der Waals surface area contributed by atoms with Crippen LogP contribution in [-0.4, -0.2) is 55.8 Å². The molecule has 0 fully saturated rings. The molecule has 0 spiro atoms. The summed E-state index contributed by atoms with van der Waals surface area (Å²) in [6.45, 7) is 5.66. The lowest BCUT2D eigenvalue weighted by atomic mass is 10.1. The van der Waals surface area contributed by atoms with Gasteiger partial charge in [0.25, 0.3) is 0 Å². The molecule has 2 aromatic carbocycles. The molecule has 174 valence electrons. The normalized spacial score (nSPS) is 10.9. The number of halogens is 1. The maximum absolute atomic E-state index is 13.1. The number of nitrogens with zero attached hydrogens (tertiary/aromatic N) is 3. The standard InChI is InChI=1S/C24H31N3O2S2.ClH/c1-17-8-13-21-23(18(17)2)25-24(31-21)27(15-14-26(3)4)22(28)7-6-16-30-20-11-9-19(29-5)10-12-20;/h8-13H,6-7,14-16H2,1-5H3;1H. The van der Waals surface area contributed by atoms with Crippen molar-refractivity contribution in [3.05, 3.63) is 47.5 Å². The van der Waals surface area contributed by atoms with Gasteiger partial charge in [-0.3, -0.25) is 9.69 Å². The largest absolute Gasteiger partial charge is 0.497 e. The summed E-state index contributed by atoms with van der Waals surface area (Å²) >= 11 is 3.37. The molecule has 0 aliphatic carbocycles. The second kappa shape index (κ2) is 12.4. The van der Waals surface area contributed by atoms with Crippen LogP contribution >= 0.6 is 35.5 Å². The van der Waals surface area contributed by atoms with Gasteiger partial charge in [0.05, 0.1) is 17.3 Å². The Kier molecular flexibility index (Phi) is 10.3. The van der Waals surface area contributed by atoms with Gasteiger partial charge in [0.1, 0.15) is 5.75 Å². The van der Waals surface area contributed by atoms with Crippen molar-refractivity contribution < 1.29 is 9.53 Å². The third-order valence-corrected chi connectivity index (χ3v) is 7.38. The second-order valence-corrected chi connectivity index (χ2v) is 10.0. The van der Waals surface area contributed by atoms with Crippen molar-refractivity contribution in [2.45, 2.75) is 31.6 Å². The van der Waals surface area contributed by atoms with Crippen LogP contribution in [0.2, 0.25) is 0 Å². The number of thioether (sulfide) groups is 1. The minimum atomic E-state index is 0. The number of fused-ring (bicyclic) bond motifs is 1. The van der Waals surface area contributed by atoms with Crippen LogP contribution in [0.1, 0.15) is 24.0 Å². The molecule has 0 aliphatic rings. The van der Waals surface area contributed by atoms with Gasteiger partial charge in [-0.15, -0.1) is 24.2 Å².